The molecular formula is C20H24Cl2N2O2. The molecule has 6 heteroatoms. The van der Waals surface area contributed by atoms with Gasteiger partial charge in [0.2, 0.25) is 0 Å². The highest BCUT2D eigenvalue weighted by atomic mass is 35.5. The van der Waals surface area contributed by atoms with Crippen molar-refractivity contribution in [3.8, 4) is 0 Å². The van der Waals surface area contributed by atoms with Crippen molar-refractivity contribution in [2.24, 2.45) is 11.8 Å². The summed E-state index contributed by atoms with van der Waals surface area (Å²) in [5.74, 6) is 0.213. The Bertz CT molecular complexity index is 773. The largest absolute Gasteiger partial charge is 0.366 e. The van der Waals surface area contributed by atoms with Crippen molar-refractivity contribution in [3.05, 3.63) is 39.5 Å². The second-order valence-electron chi connectivity index (χ2n) is 7.66. The summed E-state index contributed by atoms with van der Waals surface area (Å²) in [6.45, 7) is 8.13. The third-order valence-corrected chi connectivity index (χ3v) is 5.41. The first-order valence-corrected chi connectivity index (χ1v) is 9.86. The van der Waals surface area contributed by atoms with E-state index >= 15 is 0 Å². The van der Waals surface area contributed by atoms with E-state index in [2.05, 4.69) is 11.8 Å². The van der Waals surface area contributed by atoms with E-state index in [4.69, 9.17) is 23.2 Å². The molecule has 0 spiro atoms. The standard InChI is InChI=1S/C20H24Cl2N2O2/c1-12(2)10-24-19(25)17(15-7-6-14(21)9-16(15)22)18(20(24)26)23-8-4-5-13(3)11-23/h6-7,9,12-13H,4-5,8,10-11H2,1-3H3. The van der Waals surface area contributed by atoms with Crippen LogP contribution in [0.1, 0.15) is 39.2 Å². The highest BCUT2D eigenvalue weighted by Gasteiger charge is 2.42. The number of likely N-dealkylation sites (tertiary alicyclic amines) is 1. The number of imide groups is 1. The molecule has 26 heavy (non-hydrogen) atoms. The van der Waals surface area contributed by atoms with Crippen LogP contribution in [0, 0.1) is 11.8 Å². The van der Waals surface area contributed by atoms with Gasteiger partial charge in [0.05, 0.1) is 10.6 Å². The number of piperidine rings is 1. The van der Waals surface area contributed by atoms with Gasteiger partial charge in [-0.2, -0.15) is 0 Å². The van der Waals surface area contributed by atoms with Gasteiger partial charge in [0.1, 0.15) is 5.70 Å². The molecule has 1 atom stereocenters. The van der Waals surface area contributed by atoms with Gasteiger partial charge >= 0.3 is 0 Å². The molecule has 1 saturated heterocycles. The molecular weight excluding hydrogens is 371 g/mol. The van der Waals surface area contributed by atoms with Gasteiger partial charge in [0.25, 0.3) is 11.8 Å². The zero-order valence-electron chi connectivity index (χ0n) is 15.4. The Morgan fingerprint density at radius 2 is 1.92 bits per heavy atom. The Labute approximate surface area is 164 Å². The minimum atomic E-state index is -0.263. The molecule has 1 unspecified atom stereocenters. The highest BCUT2D eigenvalue weighted by Crippen LogP contribution is 2.37. The van der Waals surface area contributed by atoms with Crippen LogP contribution in [0.15, 0.2) is 23.9 Å². The molecule has 4 nitrogen and oxygen atoms in total. The summed E-state index contributed by atoms with van der Waals surface area (Å²) >= 11 is 12.4. The normalized spacial score (nSPS) is 21.4. The molecule has 0 N–H and O–H groups in total. The minimum absolute atomic E-state index is 0.199. The number of amides is 2. The molecule has 3 rings (SSSR count). The SMILES string of the molecule is CC(C)CN1C(=O)C(c2ccc(Cl)cc2Cl)=C(N2CCCC(C)C2)C1=O. The van der Waals surface area contributed by atoms with Crippen LogP contribution in [0.4, 0.5) is 0 Å². The van der Waals surface area contributed by atoms with Gasteiger partial charge < -0.3 is 4.90 Å². The molecule has 2 amide bonds. The molecule has 0 aromatic heterocycles. The lowest BCUT2D eigenvalue weighted by Crippen LogP contribution is -2.40. The molecule has 1 aromatic carbocycles. The van der Waals surface area contributed by atoms with E-state index in [1.807, 2.05) is 13.8 Å². The van der Waals surface area contributed by atoms with E-state index in [-0.39, 0.29) is 17.7 Å². The monoisotopic (exact) mass is 394 g/mol. The lowest BCUT2D eigenvalue weighted by Gasteiger charge is -2.33. The number of nitrogens with zero attached hydrogens (tertiary/aromatic N) is 2. The van der Waals surface area contributed by atoms with Gasteiger partial charge in [-0.15, -0.1) is 0 Å². The first-order valence-electron chi connectivity index (χ1n) is 9.10. The van der Waals surface area contributed by atoms with Crippen molar-refractivity contribution < 1.29 is 9.59 Å². The van der Waals surface area contributed by atoms with E-state index in [9.17, 15) is 9.59 Å². The Morgan fingerprint density at radius 3 is 2.54 bits per heavy atom. The summed E-state index contributed by atoms with van der Waals surface area (Å²) in [5.41, 5.74) is 1.48. The zero-order chi connectivity index (χ0) is 19.0. The number of benzene rings is 1. The molecule has 0 bridgehead atoms. The van der Waals surface area contributed by atoms with Gasteiger partial charge in [-0.3, -0.25) is 14.5 Å². The molecule has 2 aliphatic heterocycles. The average Bonchev–Trinajstić information content (AvgIpc) is 2.79. The van der Waals surface area contributed by atoms with E-state index in [0.717, 1.165) is 25.9 Å². The van der Waals surface area contributed by atoms with Crippen LogP contribution in [0.3, 0.4) is 0 Å². The molecule has 0 radical (unpaired) electrons. The molecule has 1 fully saturated rings. The predicted octanol–water partition coefficient (Wildman–Crippen LogP) is 4.46. The molecule has 2 heterocycles. The Kier molecular flexibility index (Phi) is 5.64. The smallest absolute Gasteiger partial charge is 0.277 e. The number of carbonyl (C=O) groups excluding carboxylic acids is 2. The van der Waals surface area contributed by atoms with E-state index < -0.39 is 0 Å². The Hall–Kier alpha value is -1.52. The average molecular weight is 395 g/mol. The third-order valence-electron chi connectivity index (χ3n) is 4.86. The number of rotatable bonds is 4. The summed E-state index contributed by atoms with van der Waals surface area (Å²) in [4.78, 5) is 29.7. The first-order chi connectivity index (χ1) is 12.3. The van der Waals surface area contributed by atoms with Crippen LogP contribution in [-0.2, 0) is 9.59 Å². The number of hydrogen-bond acceptors (Lipinski definition) is 3. The molecule has 140 valence electrons. The third kappa shape index (κ3) is 3.63. The maximum Gasteiger partial charge on any atom is 0.277 e. The van der Waals surface area contributed by atoms with Gasteiger partial charge in [-0.25, -0.2) is 0 Å². The second-order valence-corrected chi connectivity index (χ2v) is 8.50. The maximum atomic E-state index is 13.2. The van der Waals surface area contributed by atoms with E-state index in [1.54, 1.807) is 18.2 Å². The minimum Gasteiger partial charge on any atom is -0.366 e. The molecule has 1 aromatic rings. The molecule has 0 saturated carbocycles. The van der Waals surface area contributed by atoms with Crippen LogP contribution >= 0.6 is 23.2 Å². The summed E-state index contributed by atoms with van der Waals surface area (Å²) in [6, 6.07) is 5.05. The predicted molar refractivity (Wildman–Crippen MR) is 105 cm³/mol. The van der Waals surface area contributed by atoms with Gasteiger partial charge in [0, 0.05) is 30.2 Å². The number of carbonyl (C=O) groups is 2. The van der Waals surface area contributed by atoms with Crippen molar-refractivity contribution >= 4 is 40.6 Å². The van der Waals surface area contributed by atoms with Crippen molar-refractivity contribution in [3.63, 3.8) is 0 Å². The second kappa shape index (κ2) is 7.61. The van der Waals surface area contributed by atoms with Crippen molar-refractivity contribution in [2.75, 3.05) is 19.6 Å². The van der Waals surface area contributed by atoms with Gasteiger partial charge in [0.15, 0.2) is 0 Å². The number of hydrogen-bond donors (Lipinski definition) is 0. The van der Waals surface area contributed by atoms with Gasteiger partial charge in [-0.05, 0) is 36.8 Å². The summed E-state index contributed by atoms with van der Waals surface area (Å²) < 4.78 is 0. The van der Waals surface area contributed by atoms with Gasteiger partial charge in [-0.1, -0.05) is 50.0 Å². The lowest BCUT2D eigenvalue weighted by atomic mass is 9.97. The zero-order valence-corrected chi connectivity index (χ0v) is 16.9. The Morgan fingerprint density at radius 1 is 1.19 bits per heavy atom. The fourth-order valence-corrected chi connectivity index (χ4v) is 4.22. The quantitative estimate of drug-likeness (QED) is 0.707. The summed E-state index contributed by atoms with van der Waals surface area (Å²) in [7, 11) is 0. The van der Waals surface area contributed by atoms with Crippen molar-refractivity contribution in [1.82, 2.24) is 9.80 Å². The molecule has 0 aliphatic carbocycles. The maximum absolute atomic E-state index is 13.2. The van der Waals surface area contributed by atoms with E-state index in [1.165, 1.54) is 4.90 Å². The van der Waals surface area contributed by atoms with Crippen molar-refractivity contribution in [1.29, 1.82) is 0 Å². The van der Waals surface area contributed by atoms with Crippen LogP contribution in [0.2, 0.25) is 10.0 Å². The first kappa shape index (κ1) is 19.2. The summed E-state index contributed by atoms with van der Waals surface area (Å²) in [5, 5.41) is 0.894. The van der Waals surface area contributed by atoms with Crippen LogP contribution < -0.4 is 0 Å². The highest BCUT2D eigenvalue weighted by molar-refractivity contribution is 6.41. The number of halogens is 2. The van der Waals surface area contributed by atoms with Crippen molar-refractivity contribution in [2.45, 2.75) is 33.6 Å². The van der Waals surface area contributed by atoms with Crippen LogP contribution in [0.25, 0.3) is 5.57 Å². The van der Waals surface area contributed by atoms with Crippen LogP contribution in [-0.4, -0.2) is 41.2 Å². The molecule has 2 aliphatic rings. The lowest BCUT2D eigenvalue weighted by molar-refractivity contribution is -0.138. The Balaban J connectivity index is 2.11. The van der Waals surface area contributed by atoms with Crippen LogP contribution in [0.5, 0.6) is 0 Å². The fraction of sp³-hybridized carbons (Fsp3) is 0.500. The van der Waals surface area contributed by atoms with E-state index in [0.29, 0.717) is 39.3 Å². The topological polar surface area (TPSA) is 40.6 Å². The summed E-state index contributed by atoms with van der Waals surface area (Å²) in [6.07, 6.45) is 2.15. The fourth-order valence-electron chi connectivity index (χ4n) is 3.72.